The quantitative estimate of drug-likeness (QED) is 0.870. The number of rotatable bonds is 4. The molecular formula is C15H22N2O. The third-order valence-electron chi connectivity index (χ3n) is 3.05. The summed E-state index contributed by atoms with van der Waals surface area (Å²) in [4.78, 5) is 0. The highest BCUT2D eigenvalue weighted by Crippen LogP contribution is 2.20. The molecule has 0 aliphatic carbocycles. The highest BCUT2D eigenvalue weighted by Gasteiger charge is 2.10. The van der Waals surface area contributed by atoms with Crippen molar-refractivity contribution in [2.24, 2.45) is 0 Å². The first-order valence-electron chi connectivity index (χ1n) is 6.44. The van der Waals surface area contributed by atoms with Crippen molar-refractivity contribution >= 4 is 10.9 Å². The Morgan fingerprint density at radius 3 is 2.67 bits per heavy atom. The summed E-state index contributed by atoms with van der Waals surface area (Å²) >= 11 is 0. The topological polar surface area (TPSA) is 37.2 Å². The van der Waals surface area contributed by atoms with E-state index in [0.717, 1.165) is 6.54 Å². The Balaban J connectivity index is 2.29. The van der Waals surface area contributed by atoms with Crippen LogP contribution in [0.5, 0.6) is 0 Å². The SMILES string of the molecule is CC(C)(C)NCc1cccc2c1ccn2CCO. The van der Waals surface area contributed by atoms with E-state index in [1.807, 2.05) is 6.20 Å². The van der Waals surface area contributed by atoms with Crippen LogP contribution in [0.1, 0.15) is 26.3 Å². The molecular weight excluding hydrogens is 224 g/mol. The van der Waals surface area contributed by atoms with Gasteiger partial charge in [-0.15, -0.1) is 0 Å². The van der Waals surface area contributed by atoms with Gasteiger partial charge >= 0.3 is 0 Å². The van der Waals surface area contributed by atoms with Crippen molar-refractivity contribution in [3.63, 3.8) is 0 Å². The van der Waals surface area contributed by atoms with Gasteiger partial charge in [0.15, 0.2) is 0 Å². The van der Waals surface area contributed by atoms with E-state index >= 15 is 0 Å². The molecule has 2 aromatic rings. The van der Waals surface area contributed by atoms with Gasteiger partial charge in [0, 0.05) is 35.7 Å². The number of benzene rings is 1. The second-order valence-corrected chi connectivity index (χ2v) is 5.69. The van der Waals surface area contributed by atoms with E-state index in [4.69, 9.17) is 5.11 Å². The zero-order chi connectivity index (χ0) is 13.2. The molecule has 3 heteroatoms. The molecule has 1 heterocycles. The molecule has 0 saturated heterocycles. The Morgan fingerprint density at radius 1 is 1.22 bits per heavy atom. The fourth-order valence-corrected chi connectivity index (χ4v) is 2.10. The molecule has 2 N–H and O–H groups in total. The molecule has 0 saturated carbocycles. The number of fused-ring (bicyclic) bond motifs is 1. The minimum atomic E-state index is 0.121. The van der Waals surface area contributed by atoms with E-state index < -0.39 is 0 Å². The highest BCUT2D eigenvalue weighted by atomic mass is 16.3. The van der Waals surface area contributed by atoms with E-state index in [1.165, 1.54) is 16.5 Å². The van der Waals surface area contributed by atoms with Gasteiger partial charge in [-0.25, -0.2) is 0 Å². The minimum absolute atomic E-state index is 0.121. The molecule has 18 heavy (non-hydrogen) atoms. The van der Waals surface area contributed by atoms with Gasteiger partial charge in [-0.3, -0.25) is 0 Å². The standard InChI is InChI=1S/C15H22N2O/c1-15(2,3)16-11-12-5-4-6-14-13(12)7-8-17(14)9-10-18/h4-8,16,18H,9-11H2,1-3H3. The summed E-state index contributed by atoms with van der Waals surface area (Å²) in [6, 6.07) is 8.47. The van der Waals surface area contributed by atoms with Gasteiger partial charge in [-0.1, -0.05) is 12.1 Å². The Hall–Kier alpha value is -1.32. The second-order valence-electron chi connectivity index (χ2n) is 5.69. The molecule has 0 unspecified atom stereocenters. The van der Waals surface area contributed by atoms with Gasteiger partial charge in [-0.2, -0.15) is 0 Å². The lowest BCUT2D eigenvalue weighted by atomic mass is 10.1. The van der Waals surface area contributed by atoms with Crippen molar-refractivity contribution in [2.75, 3.05) is 6.61 Å². The van der Waals surface area contributed by atoms with Crippen LogP contribution in [0.4, 0.5) is 0 Å². The lowest BCUT2D eigenvalue weighted by Crippen LogP contribution is -2.35. The first-order valence-corrected chi connectivity index (χ1v) is 6.44. The van der Waals surface area contributed by atoms with Gasteiger partial charge < -0.3 is 15.0 Å². The summed E-state index contributed by atoms with van der Waals surface area (Å²) in [6.07, 6.45) is 2.04. The predicted octanol–water partition coefficient (Wildman–Crippen LogP) is 2.52. The monoisotopic (exact) mass is 246 g/mol. The molecule has 0 radical (unpaired) electrons. The minimum Gasteiger partial charge on any atom is -0.395 e. The molecule has 2 rings (SSSR count). The van der Waals surface area contributed by atoms with Crippen molar-refractivity contribution < 1.29 is 5.11 Å². The number of hydrogen-bond donors (Lipinski definition) is 2. The van der Waals surface area contributed by atoms with Gasteiger partial charge in [0.1, 0.15) is 0 Å². The maximum Gasteiger partial charge on any atom is 0.0610 e. The molecule has 0 atom stereocenters. The molecule has 0 aliphatic heterocycles. The molecule has 0 spiro atoms. The average molecular weight is 246 g/mol. The first-order chi connectivity index (χ1) is 8.51. The number of aromatic nitrogens is 1. The van der Waals surface area contributed by atoms with Gasteiger partial charge in [-0.05, 0) is 38.5 Å². The van der Waals surface area contributed by atoms with Crippen LogP contribution in [-0.2, 0) is 13.1 Å². The normalized spacial score (nSPS) is 12.2. The molecule has 0 aliphatic rings. The van der Waals surface area contributed by atoms with Crippen LogP contribution in [0.2, 0.25) is 0 Å². The Morgan fingerprint density at radius 2 is 2.00 bits per heavy atom. The molecule has 0 fully saturated rings. The Labute approximate surface area is 108 Å². The molecule has 0 amide bonds. The summed E-state index contributed by atoms with van der Waals surface area (Å²) < 4.78 is 2.09. The van der Waals surface area contributed by atoms with E-state index in [9.17, 15) is 0 Å². The molecule has 3 nitrogen and oxygen atoms in total. The number of hydrogen-bond acceptors (Lipinski definition) is 2. The zero-order valence-corrected chi connectivity index (χ0v) is 11.4. The maximum atomic E-state index is 9.04. The predicted molar refractivity (Wildman–Crippen MR) is 75.6 cm³/mol. The number of nitrogens with zero attached hydrogens (tertiary/aromatic N) is 1. The maximum absolute atomic E-state index is 9.04. The van der Waals surface area contributed by atoms with Crippen molar-refractivity contribution in [3.05, 3.63) is 36.0 Å². The van der Waals surface area contributed by atoms with E-state index in [1.54, 1.807) is 0 Å². The van der Waals surface area contributed by atoms with Crippen LogP contribution >= 0.6 is 0 Å². The van der Waals surface area contributed by atoms with E-state index in [0.29, 0.717) is 6.54 Å². The summed E-state index contributed by atoms with van der Waals surface area (Å²) in [6.45, 7) is 8.20. The van der Waals surface area contributed by atoms with E-state index in [-0.39, 0.29) is 12.1 Å². The van der Waals surface area contributed by atoms with Crippen LogP contribution in [0.15, 0.2) is 30.5 Å². The number of nitrogens with one attached hydrogen (secondary N) is 1. The largest absolute Gasteiger partial charge is 0.395 e. The number of aliphatic hydroxyl groups excluding tert-OH is 1. The summed E-state index contributed by atoms with van der Waals surface area (Å²) in [5.74, 6) is 0. The summed E-state index contributed by atoms with van der Waals surface area (Å²) in [7, 11) is 0. The Kier molecular flexibility index (Phi) is 3.73. The van der Waals surface area contributed by atoms with Crippen LogP contribution in [0.3, 0.4) is 0 Å². The highest BCUT2D eigenvalue weighted by molar-refractivity contribution is 5.83. The van der Waals surface area contributed by atoms with Gasteiger partial charge in [0.2, 0.25) is 0 Å². The molecule has 1 aromatic heterocycles. The summed E-state index contributed by atoms with van der Waals surface area (Å²) in [5, 5.41) is 13.8. The van der Waals surface area contributed by atoms with Crippen LogP contribution < -0.4 is 5.32 Å². The lowest BCUT2D eigenvalue weighted by molar-refractivity contribution is 0.278. The van der Waals surface area contributed by atoms with Gasteiger partial charge in [0.05, 0.1) is 6.61 Å². The molecule has 0 bridgehead atoms. The van der Waals surface area contributed by atoms with Crippen LogP contribution in [0.25, 0.3) is 10.9 Å². The van der Waals surface area contributed by atoms with E-state index in [2.05, 4.69) is 54.9 Å². The summed E-state index contributed by atoms with van der Waals surface area (Å²) in [5.41, 5.74) is 2.62. The average Bonchev–Trinajstić information content (AvgIpc) is 2.70. The lowest BCUT2D eigenvalue weighted by Gasteiger charge is -2.20. The fraction of sp³-hybridized carbons (Fsp3) is 0.467. The van der Waals surface area contributed by atoms with Crippen molar-refractivity contribution in [1.29, 1.82) is 0 Å². The van der Waals surface area contributed by atoms with Gasteiger partial charge in [0.25, 0.3) is 0 Å². The second kappa shape index (κ2) is 5.12. The van der Waals surface area contributed by atoms with Crippen LogP contribution in [0, 0.1) is 0 Å². The fourth-order valence-electron chi connectivity index (χ4n) is 2.10. The van der Waals surface area contributed by atoms with Crippen molar-refractivity contribution in [3.8, 4) is 0 Å². The third kappa shape index (κ3) is 2.92. The molecule has 1 aromatic carbocycles. The van der Waals surface area contributed by atoms with Crippen molar-refractivity contribution in [2.45, 2.75) is 39.4 Å². The third-order valence-corrected chi connectivity index (χ3v) is 3.05. The Bertz CT molecular complexity index is 523. The number of aliphatic hydroxyl groups is 1. The first kappa shape index (κ1) is 13.1. The smallest absolute Gasteiger partial charge is 0.0610 e. The zero-order valence-electron chi connectivity index (χ0n) is 11.4. The van der Waals surface area contributed by atoms with Crippen LogP contribution in [-0.4, -0.2) is 21.8 Å². The molecule has 98 valence electrons. The van der Waals surface area contributed by atoms with Crippen molar-refractivity contribution in [1.82, 2.24) is 9.88 Å².